The number of carbonyl (C=O) groups is 2. The zero-order chi connectivity index (χ0) is 20.3. The number of carboxylic acids is 1. The van der Waals surface area contributed by atoms with Gasteiger partial charge in [0.15, 0.2) is 0 Å². The Morgan fingerprint density at radius 3 is 2.46 bits per heavy atom. The van der Waals surface area contributed by atoms with E-state index in [1.807, 2.05) is 0 Å². The van der Waals surface area contributed by atoms with E-state index >= 15 is 0 Å². The molecule has 0 aromatic heterocycles. The van der Waals surface area contributed by atoms with Crippen LogP contribution in [0.25, 0.3) is 11.1 Å². The van der Waals surface area contributed by atoms with Gasteiger partial charge in [0, 0.05) is 12.1 Å². The Kier molecular flexibility index (Phi) is 5.69. The largest absolute Gasteiger partial charge is 0.480 e. The molecule has 1 aliphatic heterocycles. The Balaban J connectivity index is 1.74. The Morgan fingerprint density at radius 2 is 1.86 bits per heavy atom. The van der Waals surface area contributed by atoms with Crippen molar-refractivity contribution in [3.05, 3.63) is 54.1 Å². The number of anilines is 1. The second-order valence-electron chi connectivity index (χ2n) is 6.78. The summed E-state index contributed by atoms with van der Waals surface area (Å²) in [5.74, 6) is -1.60. The molecule has 2 atom stereocenters. The Hall–Kier alpha value is -2.87. The number of alkyl halides is 3. The topological polar surface area (TPSA) is 78.4 Å². The van der Waals surface area contributed by atoms with Gasteiger partial charge in [-0.05, 0) is 42.1 Å². The number of rotatable bonds is 5. The maximum Gasteiger partial charge on any atom is 0.417 e. The van der Waals surface area contributed by atoms with E-state index in [4.69, 9.17) is 5.11 Å². The number of benzene rings is 2. The molecule has 2 aromatic rings. The number of amides is 1. The summed E-state index contributed by atoms with van der Waals surface area (Å²) >= 11 is 0. The fourth-order valence-electron chi connectivity index (χ4n) is 3.35. The summed E-state index contributed by atoms with van der Waals surface area (Å²) < 4.78 is 40.6. The molecule has 1 amide bonds. The molecular formula is C20H19F3N2O3. The molecule has 0 saturated carbocycles. The van der Waals surface area contributed by atoms with E-state index in [2.05, 4.69) is 10.6 Å². The summed E-state index contributed by atoms with van der Waals surface area (Å²) in [5.41, 5.74) is -0.303. The molecule has 5 nitrogen and oxygen atoms in total. The molecule has 28 heavy (non-hydrogen) atoms. The van der Waals surface area contributed by atoms with E-state index in [9.17, 15) is 22.8 Å². The van der Waals surface area contributed by atoms with Crippen molar-refractivity contribution in [3.8, 4) is 11.1 Å². The van der Waals surface area contributed by atoms with Crippen molar-refractivity contribution in [3.63, 3.8) is 0 Å². The van der Waals surface area contributed by atoms with Gasteiger partial charge in [0.25, 0.3) is 0 Å². The first-order valence-electron chi connectivity index (χ1n) is 8.76. The molecule has 2 unspecified atom stereocenters. The molecule has 148 valence electrons. The van der Waals surface area contributed by atoms with Crippen LogP contribution in [0.2, 0.25) is 0 Å². The van der Waals surface area contributed by atoms with Gasteiger partial charge in [-0.25, -0.2) is 0 Å². The van der Waals surface area contributed by atoms with Crippen molar-refractivity contribution >= 4 is 17.6 Å². The fourth-order valence-corrected chi connectivity index (χ4v) is 3.35. The highest BCUT2D eigenvalue weighted by Gasteiger charge is 2.34. The predicted octanol–water partition coefficient (Wildman–Crippen LogP) is 3.76. The summed E-state index contributed by atoms with van der Waals surface area (Å²) in [5, 5.41) is 14.2. The normalized spacial score (nSPS) is 19.4. The number of hydrogen-bond acceptors (Lipinski definition) is 3. The first-order valence-corrected chi connectivity index (χ1v) is 8.76. The Morgan fingerprint density at radius 1 is 1.14 bits per heavy atom. The van der Waals surface area contributed by atoms with Crippen LogP contribution in [-0.2, 0) is 15.8 Å². The van der Waals surface area contributed by atoms with E-state index in [0.29, 0.717) is 18.5 Å². The number of halogens is 3. The lowest BCUT2D eigenvalue weighted by atomic mass is 9.98. The fraction of sp³-hybridized carbons (Fsp3) is 0.300. The SMILES string of the molecule is O=C(CC1CNC(C(=O)O)C1)Nc1ccc(-c2ccccc2)c(C(F)(F)F)c1. The second kappa shape index (κ2) is 8.02. The second-order valence-corrected chi connectivity index (χ2v) is 6.78. The summed E-state index contributed by atoms with van der Waals surface area (Å²) in [6.07, 6.45) is -4.22. The highest BCUT2D eigenvalue weighted by molar-refractivity contribution is 5.91. The lowest BCUT2D eigenvalue weighted by molar-refractivity contribution is -0.139. The van der Waals surface area contributed by atoms with Gasteiger partial charge in [-0.3, -0.25) is 9.59 Å². The van der Waals surface area contributed by atoms with E-state index in [1.54, 1.807) is 30.3 Å². The van der Waals surface area contributed by atoms with E-state index in [1.165, 1.54) is 12.1 Å². The molecule has 0 aliphatic carbocycles. The molecule has 2 aromatic carbocycles. The van der Waals surface area contributed by atoms with E-state index in [-0.39, 0.29) is 23.6 Å². The minimum Gasteiger partial charge on any atom is -0.480 e. The molecule has 3 rings (SSSR count). The van der Waals surface area contributed by atoms with Crippen LogP contribution in [0, 0.1) is 5.92 Å². The van der Waals surface area contributed by atoms with Crippen LogP contribution in [0.15, 0.2) is 48.5 Å². The number of nitrogens with one attached hydrogen (secondary N) is 2. The van der Waals surface area contributed by atoms with Crippen molar-refractivity contribution in [2.75, 3.05) is 11.9 Å². The molecule has 0 spiro atoms. The van der Waals surface area contributed by atoms with Crippen molar-refractivity contribution in [1.82, 2.24) is 5.32 Å². The zero-order valence-electron chi connectivity index (χ0n) is 14.8. The maximum absolute atomic E-state index is 13.5. The molecule has 0 radical (unpaired) electrons. The maximum atomic E-state index is 13.5. The molecular weight excluding hydrogens is 373 g/mol. The molecule has 1 heterocycles. The third kappa shape index (κ3) is 4.69. The Labute approximate surface area is 159 Å². The monoisotopic (exact) mass is 392 g/mol. The molecule has 3 N–H and O–H groups in total. The minimum absolute atomic E-state index is 0.0374. The first kappa shape index (κ1) is 19.9. The number of hydrogen-bond donors (Lipinski definition) is 3. The third-order valence-corrected chi connectivity index (χ3v) is 4.69. The van der Waals surface area contributed by atoms with Gasteiger partial charge in [0.2, 0.25) is 5.91 Å². The van der Waals surface area contributed by atoms with Crippen LogP contribution in [-0.4, -0.2) is 29.6 Å². The van der Waals surface area contributed by atoms with Gasteiger partial charge in [-0.2, -0.15) is 13.2 Å². The summed E-state index contributed by atoms with van der Waals surface area (Å²) in [4.78, 5) is 23.1. The van der Waals surface area contributed by atoms with E-state index < -0.39 is 29.7 Å². The van der Waals surface area contributed by atoms with Crippen molar-refractivity contribution in [1.29, 1.82) is 0 Å². The number of carboxylic acid groups (broad SMARTS) is 1. The number of carbonyl (C=O) groups excluding carboxylic acids is 1. The average molecular weight is 392 g/mol. The van der Waals surface area contributed by atoms with Crippen LogP contribution in [0.5, 0.6) is 0 Å². The van der Waals surface area contributed by atoms with Crippen LogP contribution in [0.1, 0.15) is 18.4 Å². The van der Waals surface area contributed by atoms with Gasteiger partial charge in [-0.1, -0.05) is 36.4 Å². The molecule has 1 fully saturated rings. The Bertz CT molecular complexity index is 869. The van der Waals surface area contributed by atoms with Crippen LogP contribution >= 0.6 is 0 Å². The van der Waals surface area contributed by atoms with Crippen LogP contribution in [0.4, 0.5) is 18.9 Å². The van der Waals surface area contributed by atoms with Gasteiger partial charge >= 0.3 is 12.1 Å². The molecule has 1 aliphatic rings. The summed E-state index contributed by atoms with van der Waals surface area (Å²) in [7, 11) is 0. The summed E-state index contributed by atoms with van der Waals surface area (Å²) in [6, 6.07) is 11.2. The molecule has 1 saturated heterocycles. The standard InChI is InChI=1S/C20H19F3N2O3/c21-20(22,23)16-10-14(6-7-15(16)13-4-2-1-3-5-13)25-18(26)9-12-8-17(19(27)28)24-11-12/h1-7,10,12,17,24H,8-9,11H2,(H,25,26)(H,27,28). The average Bonchev–Trinajstić information content (AvgIpc) is 3.10. The molecule has 8 heteroatoms. The highest BCUT2D eigenvalue weighted by atomic mass is 19.4. The van der Waals surface area contributed by atoms with Crippen LogP contribution < -0.4 is 10.6 Å². The minimum atomic E-state index is -4.57. The van der Waals surface area contributed by atoms with Gasteiger partial charge in [0.05, 0.1) is 5.56 Å². The lowest BCUT2D eigenvalue weighted by Gasteiger charge is -2.16. The van der Waals surface area contributed by atoms with Gasteiger partial charge in [0.1, 0.15) is 6.04 Å². The van der Waals surface area contributed by atoms with Gasteiger partial charge in [-0.15, -0.1) is 0 Å². The third-order valence-electron chi connectivity index (χ3n) is 4.69. The zero-order valence-corrected chi connectivity index (χ0v) is 14.8. The van der Waals surface area contributed by atoms with Crippen molar-refractivity contribution in [2.24, 2.45) is 5.92 Å². The predicted molar refractivity (Wildman–Crippen MR) is 97.7 cm³/mol. The smallest absolute Gasteiger partial charge is 0.417 e. The van der Waals surface area contributed by atoms with Crippen LogP contribution in [0.3, 0.4) is 0 Å². The van der Waals surface area contributed by atoms with Crippen molar-refractivity contribution < 1.29 is 27.9 Å². The van der Waals surface area contributed by atoms with E-state index in [0.717, 1.165) is 6.07 Å². The first-order chi connectivity index (χ1) is 13.2. The van der Waals surface area contributed by atoms with Gasteiger partial charge < -0.3 is 15.7 Å². The quantitative estimate of drug-likeness (QED) is 0.724. The number of aliphatic carboxylic acids is 1. The van der Waals surface area contributed by atoms with Crippen molar-refractivity contribution in [2.45, 2.75) is 25.1 Å². The lowest BCUT2D eigenvalue weighted by Crippen LogP contribution is -2.29. The molecule has 0 bridgehead atoms. The highest BCUT2D eigenvalue weighted by Crippen LogP contribution is 2.38. The summed E-state index contributed by atoms with van der Waals surface area (Å²) in [6.45, 7) is 0.380.